The van der Waals surface area contributed by atoms with Crippen LogP contribution in [0.1, 0.15) is 15.9 Å². The maximum absolute atomic E-state index is 13.4. The van der Waals surface area contributed by atoms with Gasteiger partial charge >= 0.3 is 0 Å². The van der Waals surface area contributed by atoms with Crippen molar-refractivity contribution in [3.63, 3.8) is 0 Å². The first-order valence-corrected chi connectivity index (χ1v) is 10.0. The van der Waals surface area contributed by atoms with E-state index in [1.54, 1.807) is 6.20 Å². The van der Waals surface area contributed by atoms with Gasteiger partial charge in [0.2, 0.25) is 0 Å². The van der Waals surface area contributed by atoms with Crippen LogP contribution in [0.2, 0.25) is 0 Å². The number of carbonyl (C=O) groups is 1. The van der Waals surface area contributed by atoms with Gasteiger partial charge in [-0.3, -0.25) is 14.3 Å². The smallest absolute Gasteiger partial charge is 0.257 e. The van der Waals surface area contributed by atoms with Crippen LogP contribution in [0, 0.1) is 11.6 Å². The number of para-hydroxylation sites is 1. The molecule has 0 radical (unpaired) electrons. The van der Waals surface area contributed by atoms with Crippen molar-refractivity contribution in [2.24, 2.45) is 0 Å². The highest BCUT2D eigenvalue weighted by Crippen LogP contribution is 2.22. The zero-order valence-corrected chi connectivity index (χ0v) is 17.1. The van der Waals surface area contributed by atoms with Crippen molar-refractivity contribution in [1.82, 2.24) is 19.7 Å². The van der Waals surface area contributed by atoms with Crippen molar-refractivity contribution in [1.29, 1.82) is 0 Å². The quantitative estimate of drug-likeness (QED) is 0.376. The monoisotopic (exact) mass is 445 g/mol. The van der Waals surface area contributed by atoms with Gasteiger partial charge in [-0.15, -0.1) is 0 Å². The van der Waals surface area contributed by atoms with E-state index in [4.69, 9.17) is 0 Å². The van der Waals surface area contributed by atoms with Crippen molar-refractivity contribution >= 4 is 22.5 Å². The number of carbonyl (C=O) groups excluding carboxylic acids is 1. The van der Waals surface area contributed by atoms with Crippen LogP contribution in [0.4, 0.5) is 14.5 Å². The minimum atomic E-state index is -0.933. The lowest BCUT2D eigenvalue weighted by Gasteiger charge is -2.05. The zero-order valence-electron chi connectivity index (χ0n) is 17.1. The Morgan fingerprint density at radius 1 is 1.06 bits per heavy atom. The largest absolute Gasteiger partial charge is 0.354 e. The predicted molar refractivity (Wildman–Crippen MR) is 120 cm³/mol. The van der Waals surface area contributed by atoms with E-state index in [-0.39, 0.29) is 17.7 Å². The molecule has 0 aliphatic carbocycles. The van der Waals surface area contributed by atoms with Crippen LogP contribution in [-0.2, 0) is 6.54 Å². The van der Waals surface area contributed by atoms with Gasteiger partial charge in [0.1, 0.15) is 0 Å². The highest BCUT2D eigenvalue weighted by atomic mass is 19.2. The summed E-state index contributed by atoms with van der Waals surface area (Å²) in [6, 6.07) is 14.6. The minimum Gasteiger partial charge on any atom is -0.354 e. The van der Waals surface area contributed by atoms with E-state index >= 15 is 0 Å². The second kappa shape index (κ2) is 8.19. The number of pyridine rings is 1. The number of benzene rings is 2. The van der Waals surface area contributed by atoms with Gasteiger partial charge in [-0.05, 0) is 35.9 Å². The molecule has 2 aromatic carbocycles. The van der Waals surface area contributed by atoms with Crippen molar-refractivity contribution in [2.75, 3.05) is 5.32 Å². The molecule has 3 aromatic heterocycles. The maximum Gasteiger partial charge on any atom is 0.257 e. The zero-order chi connectivity index (χ0) is 22.9. The number of H-pyrrole nitrogens is 2. The third-order valence-corrected chi connectivity index (χ3v) is 5.21. The predicted octanol–water partition coefficient (Wildman–Crippen LogP) is 4.30. The van der Waals surface area contributed by atoms with E-state index in [1.807, 2.05) is 30.3 Å². The number of hydrogen-bond acceptors (Lipinski definition) is 3. The van der Waals surface area contributed by atoms with Gasteiger partial charge in [0, 0.05) is 23.3 Å². The molecule has 7 nitrogen and oxygen atoms in total. The summed E-state index contributed by atoms with van der Waals surface area (Å²) in [5, 5.41) is 7.81. The Labute approximate surface area is 185 Å². The number of nitrogens with zero attached hydrogens (tertiary/aromatic N) is 2. The molecule has 5 rings (SSSR count). The van der Waals surface area contributed by atoms with Gasteiger partial charge in [-0.2, -0.15) is 5.10 Å². The number of anilines is 1. The number of amides is 1. The fourth-order valence-corrected chi connectivity index (χ4v) is 3.58. The number of rotatable bonds is 5. The highest BCUT2D eigenvalue weighted by Gasteiger charge is 2.13. The molecule has 0 aliphatic heterocycles. The van der Waals surface area contributed by atoms with E-state index in [2.05, 4.69) is 20.4 Å². The van der Waals surface area contributed by atoms with Gasteiger partial charge in [0.05, 0.1) is 35.2 Å². The van der Waals surface area contributed by atoms with Crippen LogP contribution in [0.5, 0.6) is 0 Å². The summed E-state index contributed by atoms with van der Waals surface area (Å²) in [6.45, 7) is 0.205. The van der Waals surface area contributed by atoms with Crippen molar-refractivity contribution in [2.45, 2.75) is 6.54 Å². The standard InChI is InChI=1S/C24H17F2N5O2/c25-19-6-5-14(7-20(19)26)12-31-13-17(11-28-31)29-23(32)16-8-18(24(33)27-10-16)22-9-15-3-1-2-4-21(15)30-22/h1-11,13,30H,12H2,(H,27,33)(H,29,32). The van der Waals surface area contributed by atoms with Crippen molar-refractivity contribution < 1.29 is 13.6 Å². The molecule has 0 atom stereocenters. The topological polar surface area (TPSA) is 95.6 Å². The summed E-state index contributed by atoms with van der Waals surface area (Å²) in [6.07, 6.45) is 4.36. The van der Waals surface area contributed by atoms with Crippen LogP contribution >= 0.6 is 0 Å². The van der Waals surface area contributed by atoms with E-state index in [9.17, 15) is 18.4 Å². The SMILES string of the molecule is O=C(Nc1cnn(Cc2ccc(F)c(F)c2)c1)c1c[nH]c(=O)c(-c2cc3ccccc3[nH]2)c1. The molecule has 0 spiro atoms. The minimum absolute atomic E-state index is 0.205. The Morgan fingerprint density at radius 2 is 1.91 bits per heavy atom. The Hall–Kier alpha value is -4.53. The molecule has 33 heavy (non-hydrogen) atoms. The van der Waals surface area contributed by atoms with Crippen molar-refractivity contribution in [3.05, 3.63) is 106 Å². The molecule has 0 unspecified atom stereocenters. The Bertz CT molecular complexity index is 1520. The number of fused-ring (bicyclic) bond motifs is 1. The molecule has 0 fully saturated rings. The molecule has 0 bridgehead atoms. The van der Waals surface area contributed by atoms with E-state index in [0.29, 0.717) is 22.5 Å². The van der Waals surface area contributed by atoms with Crippen LogP contribution in [0.25, 0.3) is 22.2 Å². The molecule has 5 aromatic rings. The summed E-state index contributed by atoms with van der Waals surface area (Å²) in [4.78, 5) is 30.9. The summed E-state index contributed by atoms with van der Waals surface area (Å²) < 4.78 is 28.0. The molecular formula is C24H17F2N5O2. The fraction of sp³-hybridized carbons (Fsp3) is 0.0417. The first-order chi connectivity index (χ1) is 16.0. The maximum atomic E-state index is 13.4. The number of aromatic nitrogens is 4. The molecule has 3 heterocycles. The second-order valence-electron chi connectivity index (χ2n) is 7.53. The Kier molecular flexibility index (Phi) is 5.06. The Morgan fingerprint density at radius 3 is 2.73 bits per heavy atom. The molecule has 0 saturated heterocycles. The van der Waals surface area contributed by atoms with Crippen LogP contribution in [0.3, 0.4) is 0 Å². The molecule has 3 N–H and O–H groups in total. The summed E-state index contributed by atoms with van der Waals surface area (Å²) in [7, 11) is 0. The van der Waals surface area contributed by atoms with Gasteiger partial charge < -0.3 is 15.3 Å². The molecule has 9 heteroatoms. The van der Waals surface area contributed by atoms with Gasteiger partial charge in [-0.25, -0.2) is 8.78 Å². The Balaban J connectivity index is 1.34. The first-order valence-electron chi connectivity index (χ1n) is 10.0. The van der Waals surface area contributed by atoms with Gasteiger partial charge in [0.15, 0.2) is 11.6 Å². The third-order valence-electron chi connectivity index (χ3n) is 5.21. The number of aromatic amines is 2. The number of hydrogen-bond donors (Lipinski definition) is 3. The lowest BCUT2D eigenvalue weighted by molar-refractivity contribution is 0.102. The lowest BCUT2D eigenvalue weighted by atomic mass is 10.1. The number of halogens is 2. The third kappa shape index (κ3) is 4.16. The van der Waals surface area contributed by atoms with E-state index in [0.717, 1.165) is 23.0 Å². The molecular weight excluding hydrogens is 428 g/mol. The highest BCUT2D eigenvalue weighted by molar-refractivity contribution is 6.04. The lowest BCUT2D eigenvalue weighted by Crippen LogP contribution is -2.16. The van der Waals surface area contributed by atoms with E-state index < -0.39 is 17.5 Å². The average Bonchev–Trinajstić information content (AvgIpc) is 3.43. The normalized spacial score (nSPS) is 11.1. The molecule has 0 saturated carbocycles. The van der Waals surface area contributed by atoms with Crippen LogP contribution in [-0.4, -0.2) is 25.7 Å². The summed E-state index contributed by atoms with van der Waals surface area (Å²) in [5.41, 5.74) is 2.71. The van der Waals surface area contributed by atoms with Crippen LogP contribution in [0.15, 0.2) is 78.0 Å². The average molecular weight is 445 g/mol. The van der Waals surface area contributed by atoms with E-state index in [1.165, 1.54) is 29.2 Å². The first kappa shape index (κ1) is 20.4. The second-order valence-corrected chi connectivity index (χ2v) is 7.53. The molecule has 0 aliphatic rings. The number of nitrogens with one attached hydrogen (secondary N) is 3. The fourth-order valence-electron chi connectivity index (χ4n) is 3.58. The van der Waals surface area contributed by atoms with Crippen molar-refractivity contribution in [3.8, 4) is 11.3 Å². The van der Waals surface area contributed by atoms with Crippen LogP contribution < -0.4 is 10.9 Å². The van der Waals surface area contributed by atoms with Gasteiger partial charge in [-0.1, -0.05) is 24.3 Å². The summed E-state index contributed by atoms with van der Waals surface area (Å²) >= 11 is 0. The van der Waals surface area contributed by atoms with Gasteiger partial charge in [0.25, 0.3) is 11.5 Å². The molecule has 164 valence electrons. The summed E-state index contributed by atoms with van der Waals surface area (Å²) in [5.74, 6) is -2.28. The molecule has 1 amide bonds.